The van der Waals surface area contributed by atoms with Crippen molar-refractivity contribution < 1.29 is 0 Å². The number of hydrogen-bond acceptors (Lipinski definition) is 1. The Morgan fingerprint density at radius 3 is 1.93 bits per heavy atom. The van der Waals surface area contributed by atoms with Crippen LogP contribution in [0.2, 0.25) is 0 Å². The molecule has 3 rings (SSSR count). The Bertz CT molecular complexity index is 769. The first-order valence-electron chi connectivity index (χ1n) is 11.6. The lowest BCUT2D eigenvalue weighted by Crippen LogP contribution is -2.44. The van der Waals surface area contributed by atoms with Crippen LogP contribution in [0, 0.1) is 0 Å². The van der Waals surface area contributed by atoms with Gasteiger partial charge in [-0.2, -0.15) is 0 Å². The van der Waals surface area contributed by atoms with Crippen LogP contribution in [-0.4, -0.2) is 16.1 Å². The molecule has 30 heavy (non-hydrogen) atoms. The second-order valence-corrected chi connectivity index (χ2v) is 10.2. The summed E-state index contributed by atoms with van der Waals surface area (Å²) in [6.07, 6.45) is 9.21. The van der Waals surface area contributed by atoms with Crippen molar-refractivity contribution in [3.05, 3.63) is 71.3 Å². The van der Waals surface area contributed by atoms with Gasteiger partial charge in [0.05, 0.1) is 0 Å². The third kappa shape index (κ3) is 7.12. The van der Waals surface area contributed by atoms with Gasteiger partial charge in [0.15, 0.2) is 5.11 Å². The predicted octanol–water partition coefficient (Wildman–Crippen LogP) is 6.97. The second-order valence-electron chi connectivity index (χ2n) is 9.78. The van der Waals surface area contributed by atoms with Crippen LogP contribution in [0.4, 0.5) is 0 Å². The molecule has 0 bridgehead atoms. The molecule has 1 aliphatic rings. The quantitative estimate of drug-likeness (QED) is 0.524. The zero-order valence-electron chi connectivity index (χ0n) is 19.0. The van der Waals surface area contributed by atoms with Crippen LogP contribution in [0.5, 0.6) is 0 Å². The lowest BCUT2D eigenvalue weighted by molar-refractivity contribution is 0.370. The highest BCUT2D eigenvalue weighted by Crippen LogP contribution is 2.23. The van der Waals surface area contributed by atoms with E-state index in [-0.39, 0.29) is 5.41 Å². The van der Waals surface area contributed by atoms with Crippen LogP contribution in [-0.2, 0) is 18.5 Å². The van der Waals surface area contributed by atoms with E-state index >= 15 is 0 Å². The van der Waals surface area contributed by atoms with Crippen molar-refractivity contribution in [1.29, 1.82) is 0 Å². The topological polar surface area (TPSA) is 15.3 Å². The van der Waals surface area contributed by atoms with E-state index in [4.69, 9.17) is 12.2 Å². The maximum atomic E-state index is 5.93. The molecule has 1 fully saturated rings. The SMILES string of the molecule is CC(C)(C)c1ccc(CN(Cc2ccccc2)C(=S)NC2CCCCCCC2)cc1. The van der Waals surface area contributed by atoms with E-state index in [9.17, 15) is 0 Å². The molecule has 2 nitrogen and oxygen atoms in total. The zero-order valence-corrected chi connectivity index (χ0v) is 19.8. The van der Waals surface area contributed by atoms with E-state index in [2.05, 4.69) is 85.6 Å². The first kappa shape index (κ1) is 22.8. The van der Waals surface area contributed by atoms with Crippen molar-refractivity contribution in [1.82, 2.24) is 10.2 Å². The van der Waals surface area contributed by atoms with Crippen LogP contribution in [0.25, 0.3) is 0 Å². The molecule has 2 aromatic carbocycles. The van der Waals surface area contributed by atoms with E-state index in [0.29, 0.717) is 6.04 Å². The Kier molecular flexibility index (Phi) is 8.32. The van der Waals surface area contributed by atoms with Crippen LogP contribution in [0.15, 0.2) is 54.6 Å². The summed E-state index contributed by atoms with van der Waals surface area (Å²) in [6.45, 7) is 8.45. The molecule has 0 heterocycles. The number of rotatable bonds is 5. The van der Waals surface area contributed by atoms with Crippen LogP contribution in [0.3, 0.4) is 0 Å². The number of benzene rings is 2. The van der Waals surface area contributed by atoms with Gasteiger partial charge in [0, 0.05) is 19.1 Å². The third-order valence-corrected chi connectivity index (χ3v) is 6.51. The first-order chi connectivity index (χ1) is 14.4. The Morgan fingerprint density at radius 2 is 1.37 bits per heavy atom. The lowest BCUT2D eigenvalue weighted by Gasteiger charge is -2.30. The molecule has 0 spiro atoms. The molecule has 162 valence electrons. The monoisotopic (exact) mass is 422 g/mol. The number of nitrogens with zero attached hydrogens (tertiary/aromatic N) is 1. The van der Waals surface area contributed by atoms with Crippen LogP contribution in [0.1, 0.15) is 82.4 Å². The minimum atomic E-state index is 0.178. The van der Waals surface area contributed by atoms with Crippen molar-refractivity contribution in [3.8, 4) is 0 Å². The van der Waals surface area contributed by atoms with Crippen molar-refractivity contribution in [3.63, 3.8) is 0 Å². The molecule has 2 aromatic rings. The molecule has 0 aromatic heterocycles. The van der Waals surface area contributed by atoms with Crippen molar-refractivity contribution in [2.24, 2.45) is 0 Å². The summed E-state index contributed by atoms with van der Waals surface area (Å²) in [4.78, 5) is 2.33. The van der Waals surface area contributed by atoms with E-state index in [1.54, 1.807) is 0 Å². The maximum absolute atomic E-state index is 5.93. The standard InChI is InChI=1S/C27H38N2S/c1-27(2,3)24-18-16-23(17-19-24)21-29(20-22-12-8-7-9-13-22)26(30)28-25-14-10-5-4-6-11-15-25/h7-9,12-13,16-19,25H,4-6,10-11,14-15,20-21H2,1-3H3,(H,28,30). The zero-order chi connectivity index (χ0) is 21.4. The molecule has 0 amide bonds. The van der Waals surface area contributed by atoms with Crippen molar-refractivity contribution >= 4 is 17.3 Å². The van der Waals surface area contributed by atoms with Gasteiger partial charge in [0.2, 0.25) is 0 Å². The minimum Gasteiger partial charge on any atom is -0.360 e. The number of thiocarbonyl (C=S) groups is 1. The Morgan fingerprint density at radius 1 is 0.833 bits per heavy atom. The van der Waals surface area contributed by atoms with Gasteiger partial charge in [0.1, 0.15) is 0 Å². The van der Waals surface area contributed by atoms with E-state index < -0.39 is 0 Å². The van der Waals surface area contributed by atoms with E-state index in [1.165, 1.54) is 61.6 Å². The lowest BCUT2D eigenvalue weighted by atomic mass is 9.87. The van der Waals surface area contributed by atoms with Gasteiger partial charge in [-0.05, 0) is 47.2 Å². The molecule has 0 radical (unpaired) electrons. The largest absolute Gasteiger partial charge is 0.360 e. The van der Waals surface area contributed by atoms with Gasteiger partial charge in [-0.3, -0.25) is 0 Å². The molecule has 0 atom stereocenters. The summed E-state index contributed by atoms with van der Waals surface area (Å²) in [5, 5.41) is 4.61. The highest BCUT2D eigenvalue weighted by molar-refractivity contribution is 7.80. The number of nitrogens with one attached hydrogen (secondary N) is 1. The summed E-state index contributed by atoms with van der Waals surface area (Å²) in [5.41, 5.74) is 4.15. The fourth-order valence-corrected chi connectivity index (χ4v) is 4.50. The fraction of sp³-hybridized carbons (Fsp3) is 0.519. The normalized spacial score (nSPS) is 15.8. The maximum Gasteiger partial charge on any atom is 0.169 e. The molecule has 1 aliphatic carbocycles. The number of hydrogen-bond donors (Lipinski definition) is 1. The molecular weight excluding hydrogens is 384 g/mol. The second kappa shape index (κ2) is 10.9. The van der Waals surface area contributed by atoms with Gasteiger partial charge in [-0.25, -0.2) is 0 Å². The van der Waals surface area contributed by atoms with Gasteiger partial charge >= 0.3 is 0 Å². The fourth-order valence-electron chi connectivity index (χ4n) is 4.20. The average Bonchev–Trinajstić information content (AvgIpc) is 2.70. The van der Waals surface area contributed by atoms with Crippen LogP contribution >= 0.6 is 12.2 Å². The molecule has 0 saturated heterocycles. The molecule has 1 N–H and O–H groups in total. The molecule has 1 saturated carbocycles. The third-order valence-electron chi connectivity index (χ3n) is 6.13. The van der Waals surface area contributed by atoms with Crippen LogP contribution < -0.4 is 5.32 Å². The van der Waals surface area contributed by atoms with Gasteiger partial charge in [-0.15, -0.1) is 0 Å². The Labute approximate surface area is 189 Å². The molecular formula is C27H38N2S. The predicted molar refractivity (Wildman–Crippen MR) is 133 cm³/mol. The minimum absolute atomic E-state index is 0.178. The summed E-state index contributed by atoms with van der Waals surface area (Å²) in [6, 6.07) is 20.2. The Hall–Kier alpha value is -1.87. The summed E-state index contributed by atoms with van der Waals surface area (Å²) < 4.78 is 0. The summed E-state index contributed by atoms with van der Waals surface area (Å²) in [7, 11) is 0. The average molecular weight is 423 g/mol. The Balaban J connectivity index is 1.71. The smallest absolute Gasteiger partial charge is 0.169 e. The van der Waals surface area contributed by atoms with E-state index in [0.717, 1.165) is 18.2 Å². The highest BCUT2D eigenvalue weighted by atomic mass is 32.1. The van der Waals surface area contributed by atoms with Crippen molar-refractivity contribution in [2.75, 3.05) is 0 Å². The van der Waals surface area contributed by atoms with E-state index in [1.807, 2.05) is 0 Å². The highest BCUT2D eigenvalue weighted by Gasteiger charge is 2.18. The first-order valence-corrected chi connectivity index (χ1v) is 12.0. The summed E-state index contributed by atoms with van der Waals surface area (Å²) in [5.74, 6) is 0. The van der Waals surface area contributed by atoms with Gasteiger partial charge in [0.25, 0.3) is 0 Å². The summed E-state index contributed by atoms with van der Waals surface area (Å²) >= 11 is 5.93. The molecule has 0 aliphatic heterocycles. The molecule has 3 heteroatoms. The van der Waals surface area contributed by atoms with Gasteiger partial charge in [-0.1, -0.05) is 107 Å². The molecule has 0 unspecified atom stereocenters. The van der Waals surface area contributed by atoms with Gasteiger partial charge < -0.3 is 10.2 Å². The van der Waals surface area contributed by atoms with Crippen molar-refractivity contribution in [2.45, 2.75) is 90.3 Å².